The molecule has 1 fully saturated rings. The van der Waals surface area contributed by atoms with E-state index in [0.717, 1.165) is 32.4 Å². The van der Waals surface area contributed by atoms with Crippen molar-refractivity contribution in [2.75, 3.05) is 13.1 Å². The van der Waals surface area contributed by atoms with Crippen LogP contribution in [0, 0.1) is 0 Å². The Bertz CT molecular complexity index is 170. The number of nitrogens with one attached hydrogen (secondary N) is 1. The lowest BCUT2D eigenvalue weighted by Gasteiger charge is -2.33. The lowest BCUT2D eigenvalue weighted by atomic mass is 10.0. The number of nitrogens with zero attached hydrogens (tertiary/aromatic N) is 1. The monoisotopic (exact) mass is 184 g/mol. The van der Waals surface area contributed by atoms with Crippen LogP contribution in [0.4, 0.5) is 4.79 Å². The minimum absolute atomic E-state index is 0.119. The quantitative estimate of drug-likeness (QED) is 0.699. The van der Waals surface area contributed by atoms with Gasteiger partial charge in [0.25, 0.3) is 0 Å². The third-order valence-corrected chi connectivity index (χ3v) is 2.59. The molecule has 1 aliphatic heterocycles. The van der Waals surface area contributed by atoms with Gasteiger partial charge in [-0.1, -0.05) is 6.92 Å². The van der Waals surface area contributed by atoms with Crippen LogP contribution in [0.25, 0.3) is 0 Å². The average molecular weight is 184 g/mol. The predicted molar refractivity (Wildman–Crippen MR) is 53.7 cm³/mol. The largest absolute Gasteiger partial charge is 0.338 e. The smallest absolute Gasteiger partial charge is 0.317 e. The Balaban J connectivity index is 2.35. The molecule has 0 aromatic heterocycles. The lowest BCUT2D eigenvalue weighted by Crippen LogP contribution is -2.47. The first kappa shape index (κ1) is 10.4. The third-order valence-electron chi connectivity index (χ3n) is 2.59. The van der Waals surface area contributed by atoms with Crippen molar-refractivity contribution in [3.63, 3.8) is 0 Å². The van der Waals surface area contributed by atoms with Gasteiger partial charge in [-0.15, -0.1) is 0 Å². The maximum absolute atomic E-state index is 11.6. The van der Waals surface area contributed by atoms with E-state index < -0.39 is 0 Å². The molecule has 2 amide bonds. The molecule has 1 unspecified atom stereocenters. The Labute approximate surface area is 80.5 Å². The molecule has 3 heteroatoms. The van der Waals surface area contributed by atoms with E-state index in [9.17, 15) is 4.79 Å². The van der Waals surface area contributed by atoms with Crippen molar-refractivity contribution in [1.29, 1.82) is 0 Å². The standard InChI is InChI=1S/C10H20N2O/c1-3-7-11-10(13)12-8-5-4-6-9(12)2/h9H,3-8H2,1-2H3,(H,11,13). The van der Waals surface area contributed by atoms with Crippen molar-refractivity contribution in [3.8, 4) is 0 Å². The van der Waals surface area contributed by atoms with E-state index in [2.05, 4.69) is 19.2 Å². The highest BCUT2D eigenvalue weighted by molar-refractivity contribution is 5.74. The number of urea groups is 1. The number of piperidine rings is 1. The van der Waals surface area contributed by atoms with Gasteiger partial charge in [0, 0.05) is 19.1 Å². The number of rotatable bonds is 2. The fourth-order valence-corrected chi connectivity index (χ4v) is 1.73. The Morgan fingerprint density at radius 3 is 2.92 bits per heavy atom. The second kappa shape index (κ2) is 5.10. The minimum atomic E-state index is 0.119. The molecule has 1 aliphatic rings. The Morgan fingerprint density at radius 2 is 2.31 bits per heavy atom. The fraction of sp³-hybridized carbons (Fsp3) is 0.900. The molecular formula is C10H20N2O. The highest BCUT2D eigenvalue weighted by atomic mass is 16.2. The molecule has 3 nitrogen and oxygen atoms in total. The molecule has 0 bridgehead atoms. The average Bonchev–Trinajstić information content (AvgIpc) is 2.15. The second-order valence-electron chi connectivity index (χ2n) is 3.77. The Hall–Kier alpha value is -0.730. The van der Waals surface area contributed by atoms with Crippen LogP contribution < -0.4 is 5.32 Å². The third kappa shape index (κ3) is 2.90. The lowest BCUT2D eigenvalue weighted by molar-refractivity contribution is 0.158. The van der Waals surface area contributed by atoms with Gasteiger partial charge in [0.1, 0.15) is 0 Å². The molecule has 0 aromatic rings. The number of hydrogen-bond acceptors (Lipinski definition) is 1. The van der Waals surface area contributed by atoms with Gasteiger partial charge in [0.15, 0.2) is 0 Å². The highest BCUT2D eigenvalue weighted by Crippen LogP contribution is 2.15. The van der Waals surface area contributed by atoms with Crippen molar-refractivity contribution in [2.45, 2.75) is 45.6 Å². The zero-order valence-electron chi connectivity index (χ0n) is 8.68. The SMILES string of the molecule is CCCNC(=O)N1CCCCC1C. The van der Waals surface area contributed by atoms with E-state index in [-0.39, 0.29) is 6.03 Å². The molecule has 13 heavy (non-hydrogen) atoms. The molecule has 1 rings (SSSR count). The Morgan fingerprint density at radius 1 is 1.54 bits per heavy atom. The van der Waals surface area contributed by atoms with Crippen LogP contribution in [0.5, 0.6) is 0 Å². The van der Waals surface area contributed by atoms with Crippen LogP contribution >= 0.6 is 0 Å². The van der Waals surface area contributed by atoms with E-state index in [0.29, 0.717) is 6.04 Å². The molecule has 0 aliphatic carbocycles. The zero-order chi connectivity index (χ0) is 9.68. The first-order valence-corrected chi connectivity index (χ1v) is 5.30. The van der Waals surface area contributed by atoms with Gasteiger partial charge in [-0.05, 0) is 32.6 Å². The van der Waals surface area contributed by atoms with E-state index >= 15 is 0 Å². The molecule has 76 valence electrons. The van der Waals surface area contributed by atoms with Crippen LogP contribution in [-0.2, 0) is 0 Å². The predicted octanol–water partition coefficient (Wildman–Crippen LogP) is 1.98. The number of amides is 2. The molecule has 1 N–H and O–H groups in total. The summed E-state index contributed by atoms with van der Waals surface area (Å²) in [5.41, 5.74) is 0. The van der Waals surface area contributed by atoms with Gasteiger partial charge in [0.05, 0.1) is 0 Å². The fourth-order valence-electron chi connectivity index (χ4n) is 1.73. The summed E-state index contributed by atoms with van der Waals surface area (Å²) in [6, 6.07) is 0.541. The topological polar surface area (TPSA) is 32.3 Å². The molecule has 1 heterocycles. The van der Waals surface area contributed by atoms with Crippen molar-refractivity contribution < 1.29 is 4.79 Å². The van der Waals surface area contributed by atoms with Crippen LogP contribution in [0.3, 0.4) is 0 Å². The summed E-state index contributed by atoms with van der Waals surface area (Å²) in [5, 5.41) is 2.92. The molecule has 0 saturated carbocycles. The van der Waals surface area contributed by atoms with Crippen LogP contribution in [0.1, 0.15) is 39.5 Å². The molecule has 0 spiro atoms. The van der Waals surface area contributed by atoms with Crippen molar-refractivity contribution >= 4 is 6.03 Å². The van der Waals surface area contributed by atoms with Crippen molar-refractivity contribution in [2.24, 2.45) is 0 Å². The van der Waals surface area contributed by atoms with Crippen molar-refractivity contribution in [3.05, 3.63) is 0 Å². The number of carbonyl (C=O) groups is 1. The van der Waals surface area contributed by atoms with E-state index in [4.69, 9.17) is 0 Å². The van der Waals surface area contributed by atoms with Crippen LogP contribution in [0.2, 0.25) is 0 Å². The highest BCUT2D eigenvalue weighted by Gasteiger charge is 2.22. The van der Waals surface area contributed by atoms with E-state index in [1.165, 1.54) is 6.42 Å². The van der Waals surface area contributed by atoms with Gasteiger partial charge in [-0.2, -0.15) is 0 Å². The summed E-state index contributed by atoms with van der Waals surface area (Å²) in [7, 11) is 0. The van der Waals surface area contributed by atoms with Crippen LogP contribution in [0.15, 0.2) is 0 Å². The van der Waals surface area contributed by atoms with Gasteiger partial charge in [0.2, 0.25) is 0 Å². The molecule has 1 saturated heterocycles. The first-order chi connectivity index (χ1) is 6.25. The zero-order valence-corrected chi connectivity index (χ0v) is 8.68. The van der Waals surface area contributed by atoms with Gasteiger partial charge in [-0.25, -0.2) is 4.79 Å². The van der Waals surface area contributed by atoms with Gasteiger partial charge >= 0.3 is 6.03 Å². The summed E-state index contributed by atoms with van der Waals surface area (Å²) in [5.74, 6) is 0. The minimum Gasteiger partial charge on any atom is -0.338 e. The summed E-state index contributed by atoms with van der Waals surface area (Å²) < 4.78 is 0. The number of carbonyl (C=O) groups excluding carboxylic acids is 1. The summed E-state index contributed by atoms with van der Waals surface area (Å²) in [4.78, 5) is 13.5. The van der Waals surface area contributed by atoms with Crippen LogP contribution in [-0.4, -0.2) is 30.1 Å². The Kier molecular flexibility index (Phi) is 4.06. The molecule has 1 atom stereocenters. The normalized spacial score (nSPS) is 22.9. The van der Waals surface area contributed by atoms with Gasteiger partial charge < -0.3 is 10.2 Å². The summed E-state index contributed by atoms with van der Waals surface area (Å²) in [6.45, 7) is 5.92. The van der Waals surface area contributed by atoms with Gasteiger partial charge in [-0.3, -0.25) is 0 Å². The molecular weight excluding hydrogens is 164 g/mol. The van der Waals surface area contributed by atoms with E-state index in [1.807, 2.05) is 4.90 Å². The number of likely N-dealkylation sites (tertiary alicyclic amines) is 1. The maximum atomic E-state index is 11.6. The molecule has 0 radical (unpaired) electrons. The maximum Gasteiger partial charge on any atom is 0.317 e. The van der Waals surface area contributed by atoms with E-state index in [1.54, 1.807) is 0 Å². The summed E-state index contributed by atoms with van der Waals surface area (Å²) in [6.07, 6.45) is 4.58. The first-order valence-electron chi connectivity index (χ1n) is 5.30. The number of hydrogen-bond donors (Lipinski definition) is 1. The summed E-state index contributed by atoms with van der Waals surface area (Å²) >= 11 is 0. The van der Waals surface area contributed by atoms with Crippen molar-refractivity contribution in [1.82, 2.24) is 10.2 Å². The molecule has 0 aromatic carbocycles. The second-order valence-corrected chi connectivity index (χ2v) is 3.77.